The van der Waals surface area contributed by atoms with Crippen LogP contribution in [0.5, 0.6) is 0 Å². The third kappa shape index (κ3) is 2.84. The van der Waals surface area contributed by atoms with Gasteiger partial charge in [-0.15, -0.1) is 0 Å². The minimum Gasteiger partial charge on any atom is -0.349 e. The summed E-state index contributed by atoms with van der Waals surface area (Å²) < 4.78 is 0. The molecule has 3 rings (SSSR count). The van der Waals surface area contributed by atoms with Crippen molar-refractivity contribution in [3.8, 4) is 0 Å². The molecule has 3 unspecified atom stereocenters. The Morgan fingerprint density at radius 2 is 2.00 bits per heavy atom. The number of benzene rings is 1. The van der Waals surface area contributed by atoms with Crippen molar-refractivity contribution in [2.75, 3.05) is 0 Å². The molecule has 1 fully saturated rings. The van der Waals surface area contributed by atoms with Crippen LogP contribution >= 0.6 is 0 Å². The minimum atomic E-state index is 0.113. The SMILES string of the molecule is CC1(C)CCC(NC(=O)C2CCC(N)C2)c2ccccc21. The van der Waals surface area contributed by atoms with E-state index in [9.17, 15) is 4.79 Å². The van der Waals surface area contributed by atoms with Gasteiger partial charge in [0.1, 0.15) is 0 Å². The number of hydrogen-bond donors (Lipinski definition) is 2. The van der Waals surface area contributed by atoms with E-state index in [0.29, 0.717) is 0 Å². The van der Waals surface area contributed by atoms with Crippen molar-refractivity contribution in [3.05, 3.63) is 35.4 Å². The van der Waals surface area contributed by atoms with Gasteiger partial charge in [-0.05, 0) is 48.6 Å². The summed E-state index contributed by atoms with van der Waals surface area (Å²) in [6.07, 6.45) is 4.89. The maximum atomic E-state index is 12.5. The van der Waals surface area contributed by atoms with Crippen LogP contribution in [0.2, 0.25) is 0 Å². The molecule has 3 heteroatoms. The normalized spacial score (nSPS) is 30.7. The molecule has 1 saturated carbocycles. The van der Waals surface area contributed by atoms with Crippen LogP contribution in [0.15, 0.2) is 24.3 Å². The van der Waals surface area contributed by atoms with E-state index in [1.54, 1.807) is 0 Å². The summed E-state index contributed by atoms with van der Waals surface area (Å²) in [5.74, 6) is 0.310. The number of fused-ring (bicyclic) bond motifs is 1. The Hall–Kier alpha value is -1.35. The molecule has 0 bridgehead atoms. The van der Waals surface area contributed by atoms with Gasteiger partial charge >= 0.3 is 0 Å². The summed E-state index contributed by atoms with van der Waals surface area (Å²) in [4.78, 5) is 12.5. The summed E-state index contributed by atoms with van der Waals surface area (Å²) in [6, 6.07) is 8.92. The fraction of sp³-hybridized carbons (Fsp3) is 0.611. The van der Waals surface area contributed by atoms with E-state index in [0.717, 1.165) is 32.1 Å². The molecule has 3 N–H and O–H groups in total. The van der Waals surface area contributed by atoms with E-state index < -0.39 is 0 Å². The van der Waals surface area contributed by atoms with Gasteiger partial charge in [0, 0.05) is 12.0 Å². The van der Waals surface area contributed by atoms with Crippen molar-refractivity contribution >= 4 is 5.91 Å². The number of rotatable bonds is 2. The lowest BCUT2D eigenvalue weighted by Gasteiger charge is -2.37. The van der Waals surface area contributed by atoms with E-state index in [1.165, 1.54) is 11.1 Å². The largest absolute Gasteiger partial charge is 0.349 e. The highest BCUT2D eigenvalue weighted by Crippen LogP contribution is 2.41. The first-order valence-electron chi connectivity index (χ1n) is 8.13. The van der Waals surface area contributed by atoms with E-state index in [2.05, 4.69) is 43.4 Å². The first-order chi connectivity index (χ1) is 9.97. The Morgan fingerprint density at radius 1 is 1.24 bits per heavy atom. The van der Waals surface area contributed by atoms with Crippen molar-refractivity contribution in [2.45, 2.75) is 63.5 Å². The third-order valence-electron chi connectivity index (χ3n) is 5.28. The third-order valence-corrected chi connectivity index (χ3v) is 5.28. The van der Waals surface area contributed by atoms with Crippen LogP contribution in [-0.4, -0.2) is 11.9 Å². The van der Waals surface area contributed by atoms with Gasteiger partial charge in [0.05, 0.1) is 6.04 Å². The van der Waals surface area contributed by atoms with Gasteiger partial charge in [-0.3, -0.25) is 4.79 Å². The summed E-state index contributed by atoms with van der Waals surface area (Å²) in [5.41, 5.74) is 8.81. The molecule has 1 aromatic carbocycles. The Bertz CT molecular complexity index is 538. The molecular weight excluding hydrogens is 260 g/mol. The number of carbonyl (C=O) groups excluding carboxylic acids is 1. The lowest BCUT2D eigenvalue weighted by atomic mass is 9.71. The van der Waals surface area contributed by atoms with Crippen LogP contribution in [0.4, 0.5) is 0 Å². The van der Waals surface area contributed by atoms with Crippen molar-refractivity contribution < 1.29 is 4.79 Å². The van der Waals surface area contributed by atoms with Crippen molar-refractivity contribution in [1.82, 2.24) is 5.32 Å². The van der Waals surface area contributed by atoms with E-state index >= 15 is 0 Å². The topological polar surface area (TPSA) is 55.1 Å². The van der Waals surface area contributed by atoms with Crippen molar-refractivity contribution in [2.24, 2.45) is 11.7 Å². The van der Waals surface area contributed by atoms with Crippen LogP contribution in [-0.2, 0) is 10.2 Å². The zero-order chi connectivity index (χ0) is 15.0. The fourth-order valence-electron chi connectivity index (χ4n) is 3.91. The molecule has 3 nitrogen and oxygen atoms in total. The molecule has 0 spiro atoms. The summed E-state index contributed by atoms with van der Waals surface area (Å²) in [5, 5.41) is 3.28. The summed E-state index contributed by atoms with van der Waals surface area (Å²) in [6.45, 7) is 4.58. The van der Waals surface area contributed by atoms with E-state index in [1.807, 2.05) is 0 Å². The second-order valence-corrected chi connectivity index (χ2v) is 7.34. The molecule has 0 aliphatic heterocycles. The molecule has 21 heavy (non-hydrogen) atoms. The molecule has 2 aliphatic rings. The highest BCUT2D eigenvalue weighted by molar-refractivity contribution is 5.79. The first-order valence-corrected chi connectivity index (χ1v) is 8.13. The van der Waals surface area contributed by atoms with Crippen LogP contribution in [0.25, 0.3) is 0 Å². The molecule has 114 valence electrons. The lowest BCUT2D eigenvalue weighted by Crippen LogP contribution is -2.38. The van der Waals surface area contributed by atoms with Gasteiger partial charge in [0.25, 0.3) is 0 Å². The molecule has 0 saturated heterocycles. The van der Waals surface area contributed by atoms with Crippen LogP contribution in [0.1, 0.15) is 63.1 Å². The summed E-state index contributed by atoms with van der Waals surface area (Å²) >= 11 is 0. The zero-order valence-electron chi connectivity index (χ0n) is 13.1. The van der Waals surface area contributed by atoms with E-state index in [-0.39, 0.29) is 29.3 Å². The first kappa shape index (κ1) is 14.6. The molecule has 0 heterocycles. The maximum absolute atomic E-state index is 12.5. The van der Waals surface area contributed by atoms with Crippen LogP contribution in [0.3, 0.4) is 0 Å². The molecule has 2 aliphatic carbocycles. The number of hydrogen-bond acceptors (Lipinski definition) is 2. The zero-order valence-corrected chi connectivity index (χ0v) is 13.1. The fourth-order valence-corrected chi connectivity index (χ4v) is 3.91. The molecular formula is C18H26N2O. The highest BCUT2D eigenvalue weighted by atomic mass is 16.1. The minimum absolute atomic E-state index is 0.113. The smallest absolute Gasteiger partial charge is 0.223 e. The molecule has 3 atom stereocenters. The van der Waals surface area contributed by atoms with Crippen molar-refractivity contribution in [3.63, 3.8) is 0 Å². The van der Waals surface area contributed by atoms with Gasteiger partial charge in [-0.25, -0.2) is 0 Å². The molecule has 1 aromatic rings. The predicted octanol–water partition coefficient (Wildman–Crippen LogP) is 3.04. The standard InChI is InChI=1S/C18H26N2O/c1-18(2)10-9-16(14-5-3-4-6-15(14)18)20-17(21)12-7-8-13(19)11-12/h3-6,12-13,16H,7-11,19H2,1-2H3,(H,20,21). The molecule has 0 aromatic heterocycles. The average molecular weight is 286 g/mol. The number of nitrogens with one attached hydrogen (secondary N) is 1. The number of amides is 1. The quantitative estimate of drug-likeness (QED) is 0.878. The Kier molecular flexibility index (Phi) is 3.78. The summed E-state index contributed by atoms with van der Waals surface area (Å²) in [7, 11) is 0. The molecule has 0 radical (unpaired) electrons. The van der Waals surface area contributed by atoms with Crippen LogP contribution < -0.4 is 11.1 Å². The average Bonchev–Trinajstić information content (AvgIpc) is 2.89. The second kappa shape index (κ2) is 5.45. The monoisotopic (exact) mass is 286 g/mol. The Morgan fingerprint density at radius 3 is 2.71 bits per heavy atom. The highest BCUT2D eigenvalue weighted by Gasteiger charge is 2.35. The predicted molar refractivity (Wildman–Crippen MR) is 84.9 cm³/mol. The Labute approximate surface area is 127 Å². The van der Waals surface area contributed by atoms with Crippen molar-refractivity contribution in [1.29, 1.82) is 0 Å². The molecule has 1 amide bonds. The Balaban J connectivity index is 1.76. The maximum Gasteiger partial charge on any atom is 0.223 e. The van der Waals surface area contributed by atoms with Gasteiger partial charge in [-0.1, -0.05) is 38.1 Å². The second-order valence-electron chi connectivity index (χ2n) is 7.34. The van der Waals surface area contributed by atoms with E-state index in [4.69, 9.17) is 5.73 Å². The lowest BCUT2D eigenvalue weighted by molar-refractivity contribution is -0.125. The van der Waals surface area contributed by atoms with Gasteiger partial charge in [0.15, 0.2) is 0 Å². The van der Waals surface area contributed by atoms with Gasteiger partial charge < -0.3 is 11.1 Å². The number of nitrogens with two attached hydrogens (primary N) is 1. The van der Waals surface area contributed by atoms with Crippen LogP contribution in [0, 0.1) is 5.92 Å². The van der Waals surface area contributed by atoms with Gasteiger partial charge in [-0.2, -0.15) is 0 Å². The number of carbonyl (C=O) groups is 1. The van der Waals surface area contributed by atoms with Gasteiger partial charge in [0.2, 0.25) is 5.91 Å².